The van der Waals surface area contributed by atoms with Crippen LogP contribution in [-0.4, -0.2) is 16.7 Å². The standard InChI is InChI=1S/C13H16FN3O/c1-9-3-4-11(7-12(9)14)8-15-6-5-13-16-10(2)17-18-13/h3-4,7,15H,5-6,8H2,1-2H3. The number of hydrogen-bond donors (Lipinski definition) is 1. The molecule has 0 spiro atoms. The number of halogens is 1. The molecule has 0 aliphatic heterocycles. The third-order valence-corrected chi connectivity index (χ3v) is 2.65. The van der Waals surface area contributed by atoms with E-state index in [4.69, 9.17) is 4.52 Å². The van der Waals surface area contributed by atoms with Crippen LogP contribution in [0.4, 0.5) is 4.39 Å². The first kappa shape index (κ1) is 12.7. The van der Waals surface area contributed by atoms with Gasteiger partial charge in [-0.15, -0.1) is 0 Å². The summed E-state index contributed by atoms with van der Waals surface area (Å²) in [5, 5.41) is 6.92. The number of hydrogen-bond acceptors (Lipinski definition) is 4. The monoisotopic (exact) mass is 249 g/mol. The van der Waals surface area contributed by atoms with Crippen molar-refractivity contribution in [3.63, 3.8) is 0 Å². The molecule has 0 unspecified atom stereocenters. The van der Waals surface area contributed by atoms with Gasteiger partial charge in [0.25, 0.3) is 0 Å². The van der Waals surface area contributed by atoms with E-state index in [0.717, 1.165) is 12.1 Å². The van der Waals surface area contributed by atoms with Crippen molar-refractivity contribution in [3.05, 3.63) is 46.9 Å². The first-order chi connectivity index (χ1) is 8.65. The molecule has 0 fully saturated rings. The zero-order valence-electron chi connectivity index (χ0n) is 10.5. The Labute approximate surface area is 105 Å². The number of nitrogens with one attached hydrogen (secondary N) is 1. The van der Waals surface area contributed by atoms with Crippen LogP contribution in [0.25, 0.3) is 0 Å². The largest absolute Gasteiger partial charge is 0.339 e. The molecule has 5 heteroatoms. The van der Waals surface area contributed by atoms with E-state index in [0.29, 0.717) is 30.2 Å². The van der Waals surface area contributed by atoms with Gasteiger partial charge in [-0.25, -0.2) is 4.39 Å². The number of aryl methyl sites for hydroxylation is 2. The van der Waals surface area contributed by atoms with Gasteiger partial charge in [0.1, 0.15) is 5.82 Å². The molecule has 0 aliphatic carbocycles. The number of rotatable bonds is 5. The van der Waals surface area contributed by atoms with Gasteiger partial charge in [0.15, 0.2) is 5.82 Å². The van der Waals surface area contributed by atoms with Gasteiger partial charge in [0.2, 0.25) is 5.89 Å². The van der Waals surface area contributed by atoms with Crippen molar-refractivity contribution < 1.29 is 8.91 Å². The highest BCUT2D eigenvalue weighted by atomic mass is 19.1. The maximum Gasteiger partial charge on any atom is 0.227 e. The third-order valence-electron chi connectivity index (χ3n) is 2.65. The second-order valence-corrected chi connectivity index (χ2v) is 4.25. The topological polar surface area (TPSA) is 51.0 Å². The van der Waals surface area contributed by atoms with Crippen LogP contribution in [-0.2, 0) is 13.0 Å². The molecule has 0 saturated carbocycles. The fraction of sp³-hybridized carbons (Fsp3) is 0.385. The second kappa shape index (κ2) is 5.73. The summed E-state index contributed by atoms with van der Waals surface area (Å²) in [6.07, 6.45) is 0.676. The third kappa shape index (κ3) is 3.37. The summed E-state index contributed by atoms with van der Waals surface area (Å²) < 4.78 is 18.3. The molecule has 4 nitrogen and oxygen atoms in total. The minimum absolute atomic E-state index is 0.165. The summed E-state index contributed by atoms with van der Waals surface area (Å²) in [5.41, 5.74) is 1.60. The van der Waals surface area contributed by atoms with Crippen LogP contribution in [0, 0.1) is 19.7 Å². The van der Waals surface area contributed by atoms with Crippen molar-refractivity contribution in [1.82, 2.24) is 15.5 Å². The lowest BCUT2D eigenvalue weighted by Gasteiger charge is -2.04. The lowest BCUT2D eigenvalue weighted by Crippen LogP contribution is -2.17. The molecule has 96 valence electrons. The Balaban J connectivity index is 1.76. The average Bonchev–Trinajstić information content (AvgIpc) is 2.75. The molecule has 18 heavy (non-hydrogen) atoms. The van der Waals surface area contributed by atoms with E-state index in [1.54, 1.807) is 26.0 Å². The molecule has 1 N–H and O–H groups in total. The van der Waals surface area contributed by atoms with Crippen molar-refractivity contribution in [2.45, 2.75) is 26.8 Å². The summed E-state index contributed by atoms with van der Waals surface area (Å²) in [4.78, 5) is 4.10. The van der Waals surface area contributed by atoms with Crippen molar-refractivity contribution in [2.24, 2.45) is 0 Å². The minimum atomic E-state index is -0.165. The maximum absolute atomic E-state index is 13.3. The zero-order valence-corrected chi connectivity index (χ0v) is 10.5. The van der Waals surface area contributed by atoms with E-state index in [1.807, 2.05) is 6.07 Å². The molecule has 0 saturated heterocycles. The molecular weight excluding hydrogens is 233 g/mol. The molecule has 1 aromatic heterocycles. The molecule has 0 bridgehead atoms. The Bertz CT molecular complexity index is 525. The van der Waals surface area contributed by atoms with Crippen LogP contribution >= 0.6 is 0 Å². The fourth-order valence-electron chi connectivity index (χ4n) is 1.62. The Kier molecular flexibility index (Phi) is 4.04. The highest BCUT2D eigenvalue weighted by molar-refractivity contribution is 5.23. The summed E-state index contributed by atoms with van der Waals surface area (Å²) in [5.74, 6) is 1.10. The predicted molar refractivity (Wildman–Crippen MR) is 65.6 cm³/mol. The van der Waals surface area contributed by atoms with Crippen molar-refractivity contribution >= 4 is 0 Å². The molecule has 0 atom stereocenters. The first-order valence-corrected chi connectivity index (χ1v) is 5.90. The van der Waals surface area contributed by atoms with Gasteiger partial charge in [0.05, 0.1) is 0 Å². The Morgan fingerprint density at radius 2 is 2.17 bits per heavy atom. The molecular formula is C13H16FN3O. The van der Waals surface area contributed by atoms with E-state index in [2.05, 4.69) is 15.5 Å². The molecule has 0 aliphatic rings. The Morgan fingerprint density at radius 1 is 1.33 bits per heavy atom. The normalized spacial score (nSPS) is 10.8. The molecule has 0 amide bonds. The maximum atomic E-state index is 13.3. The summed E-state index contributed by atoms with van der Waals surface area (Å²) in [6.45, 7) is 4.89. The average molecular weight is 249 g/mol. The fourth-order valence-corrected chi connectivity index (χ4v) is 1.62. The highest BCUT2D eigenvalue weighted by Gasteiger charge is 2.02. The lowest BCUT2D eigenvalue weighted by atomic mass is 10.1. The SMILES string of the molecule is Cc1noc(CCNCc2ccc(C)c(F)c2)n1. The Morgan fingerprint density at radius 3 is 2.83 bits per heavy atom. The van der Waals surface area contributed by atoms with Gasteiger partial charge < -0.3 is 9.84 Å². The van der Waals surface area contributed by atoms with E-state index in [1.165, 1.54) is 0 Å². The van der Waals surface area contributed by atoms with Crippen LogP contribution < -0.4 is 5.32 Å². The molecule has 2 rings (SSSR count). The first-order valence-electron chi connectivity index (χ1n) is 5.90. The number of benzene rings is 1. The lowest BCUT2D eigenvalue weighted by molar-refractivity contribution is 0.372. The quantitative estimate of drug-likeness (QED) is 0.825. The summed E-state index contributed by atoms with van der Waals surface area (Å²) in [6, 6.07) is 5.26. The van der Waals surface area contributed by atoms with Crippen molar-refractivity contribution in [3.8, 4) is 0 Å². The van der Waals surface area contributed by atoms with E-state index in [-0.39, 0.29) is 5.82 Å². The van der Waals surface area contributed by atoms with Gasteiger partial charge in [-0.05, 0) is 31.0 Å². The van der Waals surface area contributed by atoms with Crippen molar-refractivity contribution in [1.29, 1.82) is 0 Å². The minimum Gasteiger partial charge on any atom is -0.339 e. The molecule has 1 aromatic carbocycles. The number of nitrogens with zero attached hydrogens (tertiary/aromatic N) is 2. The highest BCUT2D eigenvalue weighted by Crippen LogP contribution is 2.08. The van der Waals surface area contributed by atoms with E-state index in [9.17, 15) is 4.39 Å². The van der Waals surface area contributed by atoms with Gasteiger partial charge in [-0.3, -0.25) is 0 Å². The molecule has 1 heterocycles. The zero-order chi connectivity index (χ0) is 13.0. The molecule has 0 radical (unpaired) electrons. The van der Waals surface area contributed by atoms with Crippen LogP contribution in [0.15, 0.2) is 22.7 Å². The van der Waals surface area contributed by atoms with Gasteiger partial charge in [-0.1, -0.05) is 17.3 Å². The van der Waals surface area contributed by atoms with Gasteiger partial charge in [0, 0.05) is 19.5 Å². The van der Waals surface area contributed by atoms with Gasteiger partial charge >= 0.3 is 0 Å². The van der Waals surface area contributed by atoms with Crippen molar-refractivity contribution in [2.75, 3.05) is 6.54 Å². The predicted octanol–water partition coefficient (Wildman–Crippen LogP) is 2.16. The van der Waals surface area contributed by atoms with Crippen LogP contribution in [0.3, 0.4) is 0 Å². The second-order valence-electron chi connectivity index (χ2n) is 4.25. The van der Waals surface area contributed by atoms with Crippen LogP contribution in [0.2, 0.25) is 0 Å². The van der Waals surface area contributed by atoms with E-state index < -0.39 is 0 Å². The van der Waals surface area contributed by atoms with Crippen LogP contribution in [0.5, 0.6) is 0 Å². The summed E-state index contributed by atoms with van der Waals surface area (Å²) in [7, 11) is 0. The van der Waals surface area contributed by atoms with Crippen LogP contribution in [0.1, 0.15) is 22.8 Å². The summed E-state index contributed by atoms with van der Waals surface area (Å²) >= 11 is 0. The smallest absolute Gasteiger partial charge is 0.227 e. The van der Waals surface area contributed by atoms with E-state index >= 15 is 0 Å². The number of aromatic nitrogens is 2. The van der Waals surface area contributed by atoms with Gasteiger partial charge in [-0.2, -0.15) is 4.98 Å². The Hall–Kier alpha value is -1.75. The molecule has 2 aromatic rings.